The van der Waals surface area contributed by atoms with Gasteiger partial charge in [0.05, 0.1) is 12.2 Å². The van der Waals surface area contributed by atoms with Crippen molar-refractivity contribution in [2.24, 2.45) is 5.92 Å². The van der Waals surface area contributed by atoms with Gasteiger partial charge >= 0.3 is 0 Å². The first-order chi connectivity index (χ1) is 12.7. The van der Waals surface area contributed by atoms with Crippen molar-refractivity contribution >= 4 is 17.6 Å². The summed E-state index contributed by atoms with van der Waals surface area (Å²) in [6.45, 7) is 2.30. The van der Waals surface area contributed by atoms with Crippen molar-refractivity contribution in [3.05, 3.63) is 30.4 Å². The summed E-state index contributed by atoms with van der Waals surface area (Å²) in [5.41, 5.74) is 0.781. The van der Waals surface area contributed by atoms with Gasteiger partial charge in [0.15, 0.2) is 0 Å². The van der Waals surface area contributed by atoms with Crippen molar-refractivity contribution in [3.8, 4) is 0 Å². The number of nitrogens with zero attached hydrogens (tertiary/aromatic N) is 4. The first kappa shape index (κ1) is 17.0. The van der Waals surface area contributed by atoms with E-state index in [0.29, 0.717) is 44.9 Å². The third-order valence-electron chi connectivity index (χ3n) is 5.11. The number of aromatic nitrogens is 3. The lowest BCUT2D eigenvalue weighted by molar-refractivity contribution is -0.143. The van der Waals surface area contributed by atoms with Crippen molar-refractivity contribution in [2.45, 2.75) is 38.3 Å². The Kier molecular flexibility index (Phi) is 4.83. The Hall–Kier alpha value is -2.48. The highest BCUT2D eigenvalue weighted by atomic mass is 16.5. The molecule has 2 aliphatic rings. The van der Waals surface area contributed by atoms with Gasteiger partial charge in [-0.2, -0.15) is 0 Å². The maximum atomic E-state index is 12.4. The van der Waals surface area contributed by atoms with Crippen molar-refractivity contribution < 1.29 is 14.3 Å². The molecule has 2 amide bonds. The molecule has 2 saturated heterocycles. The zero-order valence-electron chi connectivity index (χ0n) is 14.6. The van der Waals surface area contributed by atoms with Crippen LogP contribution in [-0.2, 0) is 20.9 Å². The van der Waals surface area contributed by atoms with Gasteiger partial charge in [0.2, 0.25) is 11.7 Å². The third kappa shape index (κ3) is 3.55. The predicted octanol–water partition coefficient (Wildman–Crippen LogP) is 0.763. The minimum absolute atomic E-state index is 0.0271. The number of piperidine rings is 1. The normalized spacial score (nSPS) is 21.2. The first-order valence-electron chi connectivity index (χ1n) is 9.17. The second kappa shape index (κ2) is 7.41. The molecule has 0 aliphatic carbocycles. The molecule has 0 bridgehead atoms. The summed E-state index contributed by atoms with van der Waals surface area (Å²) in [6, 6.07) is 1.84. The fourth-order valence-electron chi connectivity index (χ4n) is 3.62. The number of amides is 2. The molecule has 0 radical (unpaired) electrons. The van der Waals surface area contributed by atoms with E-state index in [1.165, 1.54) is 0 Å². The molecule has 138 valence electrons. The number of fused-ring (bicyclic) bond motifs is 1. The zero-order valence-corrected chi connectivity index (χ0v) is 14.6. The lowest BCUT2D eigenvalue weighted by Gasteiger charge is -2.32. The maximum absolute atomic E-state index is 12.4. The zero-order chi connectivity index (χ0) is 17.9. The predicted molar refractivity (Wildman–Crippen MR) is 93.1 cm³/mol. The SMILES string of the molecule is O=C(NCc1cn2cccnc2n1)C1CCN(C(=O)C2CCCO2)CC1. The van der Waals surface area contributed by atoms with Crippen LogP contribution in [0.3, 0.4) is 0 Å². The third-order valence-corrected chi connectivity index (χ3v) is 5.11. The molecule has 0 aromatic carbocycles. The van der Waals surface area contributed by atoms with E-state index in [1.807, 2.05) is 27.8 Å². The Labute approximate surface area is 151 Å². The molecule has 0 spiro atoms. The number of nitrogens with one attached hydrogen (secondary N) is 1. The Morgan fingerprint density at radius 2 is 2.12 bits per heavy atom. The van der Waals surface area contributed by atoms with Crippen LogP contribution in [0.15, 0.2) is 24.7 Å². The number of hydrogen-bond donors (Lipinski definition) is 1. The first-order valence-corrected chi connectivity index (χ1v) is 9.17. The van der Waals surface area contributed by atoms with E-state index in [-0.39, 0.29) is 23.8 Å². The van der Waals surface area contributed by atoms with Gasteiger partial charge in [0.25, 0.3) is 5.91 Å². The van der Waals surface area contributed by atoms with Gasteiger partial charge in [-0.1, -0.05) is 0 Å². The van der Waals surface area contributed by atoms with Crippen LogP contribution < -0.4 is 5.32 Å². The molecule has 4 heterocycles. The average Bonchev–Trinajstić information content (AvgIpc) is 3.35. The van der Waals surface area contributed by atoms with Crippen LogP contribution >= 0.6 is 0 Å². The van der Waals surface area contributed by atoms with Crippen molar-refractivity contribution in [1.29, 1.82) is 0 Å². The number of imidazole rings is 1. The topological polar surface area (TPSA) is 88.8 Å². The van der Waals surface area contributed by atoms with E-state index in [0.717, 1.165) is 18.5 Å². The quantitative estimate of drug-likeness (QED) is 0.873. The standard InChI is InChI=1S/C18H23N5O3/c24-16(20-11-14-12-23-7-2-6-19-18(23)21-14)13-4-8-22(9-5-13)17(25)15-3-1-10-26-15/h2,6-7,12-13,15H,1,3-5,8-11H2,(H,20,24). The van der Waals surface area contributed by atoms with Gasteiger partial charge in [-0.15, -0.1) is 0 Å². The van der Waals surface area contributed by atoms with E-state index >= 15 is 0 Å². The molecule has 1 unspecified atom stereocenters. The van der Waals surface area contributed by atoms with Crippen LogP contribution in [0.25, 0.3) is 5.78 Å². The second-order valence-electron chi connectivity index (χ2n) is 6.88. The highest BCUT2D eigenvalue weighted by molar-refractivity contribution is 5.82. The molecule has 2 fully saturated rings. The molecular weight excluding hydrogens is 334 g/mol. The molecule has 8 heteroatoms. The lowest BCUT2D eigenvalue weighted by atomic mass is 9.95. The number of likely N-dealkylation sites (tertiary alicyclic amines) is 1. The van der Waals surface area contributed by atoms with E-state index in [2.05, 4.69) is 15.3 Å². The lowest BCUT2D eigenvalue weighted by Crippen LogP contribution is -2.46. The van der Waals surface area contributed by atoms with Crippen LogP contribution in [0.2, 0.25) is 0 Å². The Bertz CT molecular complexity index is 758. The van der Waals surface area contributed by atoms with Gasteiger partial charge < -0.3 is 15.0 Å². The summed E-state index contributed by atoms with van der Waals surface area (Å²) >= 11 is 0. The van der Waals surface area contributed by atoms with Crippen LogP contribution in [0.1, 0.15) is 31.4 Å². The summed E-state index contributed by atoms with van der Waals surface area (Å²) < 4.78 is 7.30. The largest absolute Gasteiger partial charge is 0.368 e. The molecule has 2 aliphatic heterocycles. The monoisotopic (exact) mass is 357 g/mol. The maximum Gasteiger partial charge on any atom is 0.251 e. The van der Waals surface area contributed by atoms with Crippen molar-refractivity contribution in [1.82, 2.24) is 24.6 Å². The highest BCUT2D eigenvalue weighted by Gasteiger charge is 2.32. The van der Waals surface area contributed by atoms with Crippen LogP contribution in [-0.4, -0.2) is 56.9 Å². The molecule has 2 aromatic heterocycles. The number of carbonyl (C=O) groups excluding carboxylic acids is 2. The highest BCUT2D eigenvalue weighted by Crippen LogP contribution is 2.21. The Morgan fingerprint density at radius 1 is 1.27 bits per heavy atom. The van der Waals surface area contributed by atoms with Crippen molar-refractivity contribution in [3.63, 3.8) is 0 Å². The molecule has 1 atom stereocenters. The molecule has 0 saturated carbocycles. The van der Waals surface area contributed by atoms with Crippen molar-refractivity contribution in [2.75, 3.05) is 19.7 Å². The van der Waals surface area contributed by atoms with Gasteiger partial charge in [-0.3, -0.25) is 14.0 Å². The minimum atomic E-state index is -0.274. The van der Waals surface area contributed by atoms with Crippen LogP contribution in [0.5, 0.6) is 0 Å². The summed E-state index contributed by atoms with van der Waals surface area (Å²) in [4.78, 5) is 35.2. The molecule has 1 N–H and O–H groups in total. The molecule has 26 heavy (non-hydrogen) atoms. The Morgan fingerprint density at radius 3 is 2.85 bits per heavy atom. The minimum Gasteiger partial charge on any atom is -0.368 e. The van der Waals surface area contributed by atoms with Crippen LogP contribution in [0.4, 0.5) is 0 Å². The average molecular weight is 357 g/mol. The molecular formula is C18H23N5O3. The number of hydrogen-bond acceptors (Lipinski definition) is 5. The number of ether oxygens (including phenoxy) is 1. The van der Waals surface area contributed by atoms with Gasteiger partial charge in [-0.25, -0.2) is 9.97 Å². The smallest absolute Gasteiger partial charge is 0.251 e. The molecule has 8 nitrogen and oxygen atoms in total. The second-order valence-corrected chi connectivity index (χ2v) is 6.88. The summed E-state index contributed by atoms with van der Waals surface area (Å²) in [5, 5.41) is 2.96. The summed E-state index contributed by atoms with van der Waals surface area (Å²) in [7, 11) is 0. The molecule has 4 rings (SSSR count). The van der Waals surface area contributed by atoms with E-state index in [1.54, 1.807) is 6.20 Å². The Balaban J connectivity index is 1.26. The number of rotatable bonds is 4. The van der Waals surface area contributed by atoms with Gasteiger partial charge in [0, 0.05) is 44.2 Å². The van der Waals surface area contributed by atoms with E-state index in [9.17, 15) is 9.59 Å². The van der Waals surface area contributed by atoms with Gasteiger partial charge in [-0.05, 0) is 31.7 Å². The summed E-state index contributed by atoms with van der Waals surface area (Å²) in [5.74, 6) is 0.675. The van der Waals surface area contributed by atoms with Gasteiger partial charge in [0.1, 0.15) is 6.10 Å². The van der Waals surface area contributed by atoms with E-state index < -0.39 is 0 Å². The fourth-order valence-corrected chi connectivity index (χ4v) is 3.62. The molecule has 2 aromatic rings. The fraction of sp³-hybridized carbons (Fsp3) is 0.556. The summed E-state index contributed by atoms with van der Waals surface area (Å²) in [6.07, 6.45) is 8.31. The van der Waals surface area contributed by atoms with Crippen LogP contribution in [0, 0.1) is 5.92 Å². The number of carbonyl (C=O) groups is 2. The van der Waals surface area contributed by atoms with E-state index in [4.69, 9.17) is 4.74 Å².